The van der Waals surface area contributed by atoms with Gasteiger partial charge in [0.15, 0.2) is 5.13 Å². The van der Waals surface area contributed by atoms with Crippen molar-refractivity contribution < 1.29 is 19.1 Å². The molecule has 2 aromatic heterocycles. The Balaban J connectivity index is 1.72. The first-order valence-electron chi connectivity index (χ1n) is 10.0. The van der Waals surface area contributed by atoms with E-state index in [1.54, 1.807) is 12.3 Å². The van der Waals surface area contributed by atoms with Crippen molar-refractivity contribution in [3.63, 3.8) is 0 Å². The number of nitrogens with zero attached hydrogens (tertiary/aromatic N) is 1. The predicted molar refractivity (Wildman–Crippen MR) is 124 cm³/mol. The lowest BCUT2D eigenvalue weighted by molar-refractivity contribution is -0.124. The minimum Gasteiger partial charge on any atom is -0.475 e. The molecular formula is C25H22N2O4S. The van der Waals surface area contributed by atoms with Gasteiger partial charge in [-0.25, -0.2) is 9.78 Å². The number of carboxylic acid groups (broad SMARTS) is 1. The van der Waals surface area contributed by atoms with Crippen LogP contribution in [0, 0.1) is 5.41 Å². The second kappa shape index (κ2) is 8.80. The molecule has 0 spiro atoms. The third-order valence-electron chi connectivity index (χ3n) is 5.51. The number of carbonyl (C=O) groups is 2. The molecule has 0 unspecified atom stereocenters. The number of aromatic carboxylic acids is 1. The van der Waals surface area contributed by atoms with Gasteiger partial charge in [-0.3, -0.25) is 4.79 Å². The van der Waals surface area contributed by atoms with Crippen LogP contribution in [-0.4, -0.2) is 22.0 Å². The number of furan rings is 1. The van der Waals surface area contributed by atoms with Gasteiger partial charge >= 0.3 is 5.97 Å². The van der Waals surface area contributed by atoms with Crippen molar-refractivity contribution in [2.45, 2.75) is 19.8 Å². The van der Waals surface area contributed by atoms with Gasteiger partial charge in [-0.15, -0.1) is 11.3 Å². The molecule has 2 N–H and O–H groups in total. The first kappa shape index (κ1) is 21.5. The summed E-state index contributed by atoms with van der Waals surface area (Å²) in [6.07, 6.45) is 3.02. The number of nitrogens with one attached hydrogen (secondary N) is 1. The normalized spacial score (nSPS) is 12.3. The molecule has 32 heavy (non-hydrogen) atoms. The van der Waals surface area contributed by atoms with E-state index in [0.717, 1.165) is 16.7 Å². The molecule has 0 radical (unpaired) electrons. The zero-order chi connectivity index (χ0) is 22.7. The van der Waals surface area contributed by atoms with Crippen LogP contribution in [0.3, 0.4) is 0 Å². The zero-order valence-corrected chi connectivity index (χ0v) is 18.4. The minimum atomic E-state index is -1.11. The van der Waals surface area contributed by atoms with Crippen LogP contribution in [0.2, 0.25) is 0 Å². The topological polar surface area (TPSA) is 92.4 Å². The van der Waals surface area contributed by atoms with E-state index in [2.05, 4.69) is 10.3 Å². The largest absolute Gasteiger partial charge is 0.475 e. The maximum Gasteiger partial charge on any atom is 0.372 e. The number of aromatic nitrogens is 1. The van der Waals surface area contributed by atoms with Gasteiger partial charge in [0, 0.05) is 23.1 Å². The van der Waals surface area contributed by atoms with E-state index in [4.69, 9.17) is 4.42 Å². The highest BCUT2D eigenvalue weighted by atomic mass is 32.1. The second-order valence-electron chi connectivity index (χ2n) is 7.95. The van der Waals surface area contributed by atoms with Crippen molar-refractivity contribution in [1.82, 2.24) is 4.98 Å². The molecule has 0 saturated carbocycles. The Bertz CT molecular complexity index is 1210. The Labute approximate surface area is 189 Å². The molecule has 2 aromatic carbocycles. The fraction of sp³-hybridized carbons (Fsp3) is 0.160. The Kier molecular flexibility index (Phi) is 5.92. The maximum atomic E-state index is 13.3. The lowest BCUT2D eigenvalue weighted by atomic mass is 9.70. The van der Waals surface area contributed by atoms with E-state index < -0.39 is 11.4 Å². The van der Waals surface area contributed by atoms with E-state index in [1.165, 1.54) is 17.6 Å². The molecular weight excluding hydrogens is 424 g/mol. The van der Waals surface area contributed by atoms with Crippen molar-refractivity contribution in [1.29, 1.82) is 0 Å². The summed E-state index contributed by atoms with van der Waals surface area (Å²) in [6, 6.07) is 19.1. The molecule has 162 valence electrons. The van der Waals surface area contributed by atoms with Crippen molar-refractivity contribution >= 4 is 28.3 Å². The van der Waals surface area contributed by atoms with Crippen LogP contribution < -0.4 is 5.32 Å². The number of rotatable bonds is 7. The highest BCUT2D eigenvalue weighted by molar-refractivity contribution is 7.13. The molecule has 0 aliphatic rings. The van der Waals surface area contributed by atoms with Gasteiger partial charge in [0.2, 0.25) is 11.7 Å². The van der Waals surface area contributed by atoms with Gasteiger partial charge in [-0.2, -0.15) is 0 Å². The molecule has 4 aromatic rings. The lowest BCUT2D eigenvalue weighted by Crippen LogP contribution is -2.37. The quantitative estimate of drug-likeness (QED) is 0.369. The SMILES string of the molecule is CC(C)(C(=O)Nc1nccs1)[C@@H](c1ccccc1)c1ccc(-c2ccoc2C(=O)O)cc1. The lowest BCUT2D eigenvalue weighted by Gasteiger charge is -2.34. The number of thiazole rings is 1. The third-order valence-corrected chi connectivity index (χ3v) is 6.20. The fourth-order valence-corrected chi connectivity index (χ4v) is 4.43. The van der Waals surface area contributed by atoms with Gasteiger partial charge in [-0.1, -0.05) is 68.4 Å². The number of hydrogen-bond acceptors (Lipinski definition) is 5. The first-order chi connectivity index (χ1) is 15.4. The Hall–Kier alpha value is -3.71. The van der Waals surface area contributed by atoms with Gasteiger partial charge in [0.25, 0.3) is 0 Å². The highest BCUT2D eigenvalue weighted by Crippen LogP contribution is 2.42. The van der Waals surface area contributed by atoms with E-state index >= 15 is 0 Å². The molecule has 1 atom stereocenters. The molecule has 0 fully saturated rings. The van der Waals surface area contributed by atoms with Crippen molar-refractivity contribution in [2.75, 3.05) is 5.32 Å². The molecule has 6 nitrogen and oxygen atoms in total. The third kappa shape index (κ3) is 4.20. The van der Waals surface area contributed by atoms with E-state index in [0.29, 0.717) is 10.7 Å². The molecule has 0 aliphatic heterocycles. The van der Waals surface area contributed by atoms with Gasteiger partial charge in [-0.05, 0) is 22.8 Å². The zero-order valence-electron chi connectivity index (χ0n) is 17.6. The van der Waals surface area contributed by atoms with Gasteiger partial charge in [0.05, 0.1) is 11.7 Å². The number of anilines is 1. The summed E-state index contributed by atoms with van der Waals surface area (Å²) < 4.78 is 5.11. The molecule has 4 rings (SSSR count). The van der Waals surface area contributed by atoms with E-state index in [1.807, 2.05) is 73.8 Å². The summed E-state index contributed by atoms with van der Waals surface area (Å²) in [5.74, 6) is -1.58. The number of amides is 1. The fourth-order valence-electron chi connectivity index (χ4n) is 3.90. The second-order valence-corrected chi connectivity index (χ2v) is 8.84. The van der Waals surface area contributed by atoms with Crippen LogP contribution in [0.1, 0.15) is 41.4 Å². The average Bonchev–Trinajstić information content (AvgIpc) is 3.47. The molecule has 0 saturated heterocycles. The Morgan fingerprint density at radius 3 is 2.34 bits per heavy atom. The van der Waals surface area contributed by atoms with Crippen LogP contribution in [-0.2, 0) is 4.79 Å². The number of hydrogen-bond donors (Lipinski definition) is 2. The molecule has 7 heteroatoms. The van der Waals surface area contributed by atoms with Crippen LogP contribution >= 0.6 is 11.3 Å². The molecule has 0 aliphatic carbocycles. The van der Waals surface area contributed by atoms with Gasteiger partial charge < -0.3 is 14.8 Å². The summed E-state index contributed by atoms with van der Waals surface area (Å²) in [5.41, 5.74) is 2.41. The summed E-state index contributed by atoms with van der Waals surface area (Å²) in [4.78, 5) is 28.8. The predicted octanol–water partition coefficient (Wildman–Crippen LogP) is 5.90. The summed E-state index contributed by atoms with van der Waals surface area (Å²) >= 11 is 1.37. The van der Waals surface area contributed by atoms with E-state index in [9.17, 15) is 14.7 Å². The Morgan fingerprint density at radius 2 is 1.72 bits per heavy atom. The number of benzene rings is 2. The highest BCUT2D eigenvalue weighted by Gasteiger charge is 2.39. The smallest absolute Gasteiger partial charge is 0.372 e. The standard InChI is InChI=1S/C25H22N2O4S/c1-25(2,23(30)27-24-26-13-15-32-24)20(17-6-4-3-5-7-17)18-10-8-16(9-11-18)19-12-14-31-21(19)22(28)29/h3-15,20H,1-2H3,(H,28,29)(H,26,27,30)/t20-/m0/s1. The Morgan fingerprint density at radius 1 is 1.03 bits per heavy atom. The average molecular weight is 447 g/mol. The molecule has 2 heterocycles. The number of carboxylic acids is 1. The monoisotopic (exact) mass is 446 g/mol. The number of carbonyl (C=O) groups excluding carboxylic acids is 1. The summed E-state index contributed by atoms with van der Waals surface area (Å²) in [6.45, 7) is 3.83. The van der Waals surface area contributed by atoms with Crippen LogP contribution in [0.15, 0.2) is 82.9 Å². The molecule has 0 bridgehead atoms. The van der Waals surface area contributed by atoms with Crippen LogP contribution in [0.25, 0.3) is 11.1 Å². The first-order valence-corrected chi connectivity index (χ1v) is 10.9. The minimum absolute atomic E-state index is 0.0967. The maximum absolute atomic E-state index is 13.3. The van der Waals surface area contributed by atoms with E-state index in [-0.39, 0.29) is 17.6 Å². The molecule has 1 amide bonds. The van der Waals surface area contributed by atoms with Crippen molar-refractivity contribution in [3.8, 4) is 11.1 Å². The van der Waals surface area contributed by atoms with Gasteiger partial charge in [0.1, 0.15) is 0 Å². The summed E-state index contributed by atoms with van der Waals surface area (Å²) in [7, 11) is 0. The van der Waals surface area contributed by atoms with Crippen molar-refractivity contribution in [2.24, 2.45) is 5.41 Å². The van der Waals surface area contributed by atoms with Crippen LogP contribution in [0.4, 0.5) is 5.13 Å². The van der Waals surface area contributed by atoms with Crippen LogP contribution in [0.5, 0.6) is 0 Å². The summed E-state index contributed by atoms with van der Waals surface area (Å²) in [5, 5.41) is 14.6. The van der Waals surface area contributed by atoms with Crippen molar-refractivity contribution in [3.05, 3.63) is 95.4 Å².